The van der Waals surface area contributed by atoms with Crippen LogP contribution in [0.5, 0.6) is 0 Å². The minimum atomic E-state index is -1.08. The topological polar surface area (TPSA) is 92.2 Å². The van der Waals surface area contributed by atoms with E-state index in [0.29, 0.717) is 17.7 Å². The quantitative estimate of drug-likeness (QED) is 0.815. The number of nitrogens with one attached hydrogen (secondary N) is 1. The van der Waals surface area contributed by atoms with Crippen molar-refractivity contribution in [2.45, 2.75) is 6.54 Å². The fraction of sp³-hybridized carbons (Fsp3) is 0.0769. The van der Waals surface area contributed by atoms with Crippen molar-refractivity contribution in [2.75, 3.05) is 0 Å². The highest BCUT2D eigenvalue weighted by atomic mass is 32.1. The van der Waals surface area contributed by atoms with E-state index in [-0.39, 0.29) is 5.91 Å². The van der Waals surface area contributed by atoms with Gasteiger partial charge in [-0.3, -0.25) is 14.8 Å². The molecule has 2 N–H and O–H groups in total. The van der Waals surface area contributed by atoms with Crippen LogP contribution in [0, 0.1) is 0 Å². The Morgan fingerprint density at radius 3 is 2.90 bits per heavy atom. The molecule has 0 atom stereocenters. The number of amides is 1. The van der Waals surface area contributed by atoms with E-state index in [2.05, 4.69) is 15.3 Å². The summed E-state index contributed by atoms with van der Waals surface area (Å²) >= 11 is 1.45. The van der Waals surface area contributed by atoms with Crippen LogP contribution in [0.2, 0.25) is 0 Å². The van der Waals surface area contributed by atoms with Gasteiger partial charge in [0.05, 0.1) is 12.1 Å². The number of hydrogen-bond donors (Lipinski definition) is 2. The zero-order valence-corrected chi connectivity index (χ0v) is 11.1. The Morgan fingerprint density at radius 1 is 1.35 bits per heavy atom. The van der Waals surface area contributed by atoms with Crippen molar-refractivity contribution in [3.63, 3.8) is 0 Å². The minimum absolute atomic E-state index is 0.286. The molecular formula is C13H11N3O3S. The number of aromatic nitrogens is 2. The second-order valence-corrected chi connectivity index (χ2v) is 4.76. The first-order chi connectivity index (χ1) is 9.66. The Kier molecular flexibility index (Phi) is 4.56. The molecule has 0 fully saturated rings. The lowest BCUT2D eigenvalue weighted by molar-refractivity contribution is -0.131. The molecule has 7 heteroatoms. The maximum absolute atomic E-state index is 12.1. The number of hydrogen-bond acceptors (Lipinski definition) is 5. The molecule has 0 bridgehead atoms. The average Bonchev–Trinajstić information content (AvgIpc) is 2.96. The molecular weight excluding hydrogens is 278 g/mol. The van der Waals surface area contributed by atoms with Crippen LogP contribution in [0.15, 0.2) is 36.2 Å². The molecule has 0 unspecified atom stereocenters. The van der Waals surface area contributed by atoms with Crippen LogP contribution in [-0.4, -0.2) is 27.0 Å². The van der Waals surface area contributed by atoms with Crippen LogP contribution in [0.25, 0.3) is 6.08 Å². The molecule has 0 aliphatic carbocycles. The lowest BCUT2D eigenvalue weighted by atomic mass is 10.1. The van der Waals surface area contributed by atoms with Gasteiger partial charge in [-0.15, -0.1) is 11.3 Å². The van der Waals surface area contributed by atoms with E-state index in [0.717, 1.165) is 11.0 Å². The first-order valence-corrected chi connectivity index (χ1v) is 6.55. The summed E-state index contributed by atoms with van der Waals surface area (Å²) in [7, 11) is 0. The molecule has 1 amide bonds. The Labute approximate surface area is 118 Å². The molecule has 20 heavy (non-hydrogen) atoms. The van der Waals surface area contributed by atoms with Crippen molar-refractivity contribution in [1.82, 2.24) is 15.3 Å². The maximum Gasteiger partial charge on any atom is 0.328 e. The van der Waals surface area contributed by atoms with Gasteiger partial charge in [-0.1, -0.05) is 0 Å². The second-order valence-electron chi connectivity index (χ2n) is 3.78. The van der Waals surface area contributed by atoms with Gasteiger partial charge in [0.15, 0.2) is 0 Å². The van der Waals surface area contributed by atoms with E-state index in [1.807, 2.05) is 0 Å². The normalized spacial score (nSPS) is 10.6. The van der Waals surface area contributed by atoms with Gasteiger partial charge in [0.1, 0.15) is 0 Å². The van der Waals surface area contributed by atoms with Gasteiger partial charge in [-0.2, -0.15) is 0 Å². The SMILES string of the molecule is O=C(O)/C=C/c1cnccc1C(=O)NCc1cncs1. The summed E-state index contributed by atoms with van der Waals surface area (Å²) < 4.78 is 0. The molecule has 0 aliphatic rings. The van der Waals surface area contributed by atoms with Crippen molar-refractivity contribution >= 4 is 29.3 Å². The van der Waals surface area contributed by atoms with Crippen molar-refractivity contribution in [1.29, 1.82) is 0 Å². The molecule has 2 aromatic heterocycles. The van der Waals surface area contributed by atoms with Crippen LogP contribution in [0.3, 0.4) is 0 Å². The van der Waals surface area contributed by atoms with Gasteiger partial charge in [-0.05, 0) is 12.1 Å². The van der Waals surface area contributed by atoms with Crippen LogP contribution >= 0.6 is 11.3 Å². The Morgan fingerprint density at radius 2 is 2.20 bits per heavy atom. The summed E-state index contributed by atoms with van der Waals surface area (Å²) in [6, 6.07) is 1.55. The standard InChI is InChI=1S/C13H11N3O3S/c17-12(18)2-1-9-5-14-4-3-11(9)13(19)16-7-10-6-15-8-20-10/h1-6,8H,7H2,(H,16,19)(H,17,18)/b2-1+. The van der Waals surface area contributed by atoms with E-state index in [9.17, 15) is 9.59 Å². The Bertz CT molecular complexity index is 638. The van der Waals surface area contributed by atoms with E-state index >= 15 is 0 Å². The number of carbonyl (C=O) groups excluding carboxylic acids is 1. The summed E-state index contributed by atoms with van der Waals surface area (Å²) in [5.74, 6) is -1.37. The predicted molar refractivity (Wildman–Crippen MR) is 74.2 cm³/mol. The van der Waals surface area contributed by atoms with Gasteiger partial charge in [0.25, 0.3) is 5.91 Å². The average molecular weight is 289 g/mol. The van der Waals surface area contributed by atoms with Crippen molar-refractivity contribution in [3.8, 4) is 0 Å². The summed E-state index contributed by atoms with van der Waals surface area (Å²) in [6.45, 7) is 0.383. The molecule has 2 heterocycles. The third-order valence-electron chi connectivity index (χ3n) is 2.41. The summed E-state index contributed by atoms with van der Waals surface area (Å²) in [4.78, 5) is 31.3. The van der Waals surface area contributed by atoms with Gasteiger partial charge >= 0.3 is 5.97 Å². The highest BCUT2D eigenvalue weighted by Gasteiger charge is 2.10. The first-order valence-electron chi connectivity index (χ1n) is 5.67. The van der Waals surface area contributed by atoms with E-state index < -0.39 is 5.97 Å². The molecule has 102 valence electrons. The number of thiazole rings is 1. The van der Waals surface area contributed by atoms with E-state index in [1.54, 1.807) is 17.8 Å². The molecule has 6 nitrogen and oxygen atoms in total. The fourth-order valence-electron chi connectivity index (χ4n) is 1.50. The zero-order valence-electron chi connectivity index (χ0n) is 10.3. The molecule has 0 aliphatic heterocycles. The fourth-order valence-corrected chi connectivity index (χ4v) is 2.03. The molecule has 0 radical (unpaired) electrons. The molecule has 2 rings (SSSR count). The third-order valence-corrected chi connectivity index (χ3v) is 3.19. The number of pyridine rings is 1. The number of nitrogens with zero attached hydrogens (tertiary/aromatic N) is 2. The minimum Gasteiger partial charge on any atom is -0.478 e. The van der Waals surface area contributed by atoms with Crippen LogP contribution < -0.4 is 5.32 Å². The van der Waals surface area contributed by atoms with Gasteiger partial charge in [0.2, 0.25) is 0 Å². The van der Waals surface area contributed by atoms with Gasteiger partial charge in [-0.25, -0.2) is 4.79 Å². The zero-order chi connectivity index (χ0) is 14.4. The highest BCUT2D eigenvalue weighted by molar-refractivity contribution is 7.09. The van der Waals surface area contributed by atoms with Crippen LogP contribution in [-0.2, 0) is 11.3 Å². The molecule has 2 aromatic rings. The maximum atomic E-state index is 12.1. The van der Waals surface area contributed by atoms with Gasteiger partial charge in [0, 0.05) is 40.7 Å². The van der Waals surface area contributed by atoms with Crippen LogP contribution in [0.4, 0.5) is 0 Å². The number of carboxylic acid groups (broad SMARTS) is 1. The van der Waals surface area contributed by atoms with E-state index in [1.165, 1.54) is 29.8 Å². The molecule has 0 spiro atoms. The summed E-state index contributed by atoms with van der Waals surface area (Å²) in [5, 5.41) is 11.4. The number of carbonyl (C=O) groups is 2. The largest absolute Gasteiger partial charge is 0.478 e. The van der Waals surface area contributed by atoms with Crippen LogP contribution in [0.1, 0.15) is 20.8 Å². The Balaban J connectivity index is 2.11. The van der Waals surface area contributed by atoms with Gasteiger partial charge < -0.3 is 10.4 Å². The summed E-state index contributed by atoms with van der Waals surface area (Å²) in [6.07, 6.45) is 6.93. The predicted octanol–water partition coefficient (Wildman–Crippen LogP) is 1.57. The lowest BCUT2D eigenvalue weighted by Gasteiger charge is -2.06. The second kappa shape index (κ2) is 6.58. The molecule has 0 saturated heterocycles. The van der Waals surface area contributed by atoms with E-state index in [4.69, 9.17) is 5.11 Å². The summed E-state index contributed by atoms with van der Waals surface area (Å²) in [5.41, 5.74) is 2.52. The molecule has 0 aromatic carbocycles. The first kappa shape index (κ1) is 13.9. The monoisotopic (exact) mass is 289 g/mol. The number of carboxylic acids is 1. The van der Waals surface area contributed by atoms with Crippen molar-refractivity contribution in [3.05, 3.63) is 52.2 Å². The Hall–Kier alpha value is -2.54. The number of rotatable bonds is 5. The lowest BCUT2D eigenvalue weighted by Crippen LogP contribution is -2.23. The molecule has 0 saturated carbocycles. The number of aliphatic carboxylic acids is 1. The smallest absolute Gasteiger partial charge is 0.328 e. The third kappa shape index (κ3) is 3.72. The van der Waals surface area contributed by atoms with Crippen molar-refractivity contribution in [2.24, 2.45) is 0 Å². The van der Waals surface area contributed by atoms with Crippen molar-refractivity contribution < 1.29 is 14.7 Å². The highest BCUT2D eigenvalue weighted by Crippen LogP contribution is 2.10.